The summed E-state index contributed by atoms with van der Waals surface area (Å²) < 4.78 is 5.31. The number of nitrogens with one attached hydrogen (secondary N) is 2. The molecule has 0 saturated carbocycles. The van der Waals surface area contributed by atoms with Gasteiger partial charge in [0.1, 0.15) is 17.4 Å². The van der Waals surface area contributed by atoms with E-state index in [2.05, 4.69) is 5.16 Å². The van der Waals surface area contributed by atoms with E-state index in [0.717, 1.165) is 0 Å². The second kappa shape index (κ2) is 6.48. The van der Waals surface area contributed by atoms with Crippen LogP contribution in [0.25, 0.3) is 22.6 Å². The van der Waals surface area contributed by atoms with Gasteiger partial charge in [-0.1, -0.05) is 23.4 Å². The number of nitrogens with two attached hydrogens (primary N) is 2. The van der Waals surface area contributed by atoms with Crippen molar-refractivity contribution in [3.8, 4) is 22.6 Å². The third kappa shape index (κ3) is 3.13. The fraction of sp³-hybridized carbons (Fsp3) is 0. The highest BCUT2D eigenvalue weighted by atomic mass is 16.6. The third-order valence-electron chi connectivity index (χ3n) is 3.75. The average Bonchev–Trinajstić information content (AvgIpc) is 3.11. The van der Waals surface area contributed by atoms with Crippen LogP contribution in [0, 0.1) is 20.9 Å². The maximum atomic E-state index is 11.3. The molecule has 0 radical (unpaired) electrons. The Labute approximate surface area is 147 Å². The van der Waals surface area contributed by atoms with Gasteiger partial charge in [0, 0.05) is 28.8 Å². The molecule has 0 fully saturated rings. The zero-order chi connectivity index (χ0) is 18.8. The number of nitrogens with zero attached hydrogens (tertiary/aromatic N) is 2. The molecule has 3 aromatic rings. The molecule has 0 bridgehead atoms. The average molecular weight is 350 g/mol. The molecule has 0 aliphatic heterocycles. The van der Waals surface area contributed by atoms with Gasteiger partial charge in [-0.2, -0.15) is 0 Å². The molecule has 9 nitrogen and oxygen atoms in total. The molecule has 26 heavy (non-hydrogen) atoms. The molecule has 9 heteroatoms. The van der Waals surface area contributed by atoms with E-state index in [9.17, 15) is 10.1 Å². The third-order valence-corrected chi connectivity index (χ3v) is 3.75. The van der Waals surface area contributed by atoms with E-state index in [0.29, 0.717) is 22.5 Å². The number of amidine groups is 2. The van der Waals surface area contributed by atoms with Gasteiger partial charge in [-0.05, 0) is 18.2 Å². The highest BCUT2D eigenvalue weighted by molar-refractivity contribution is 5.97. The zero-order valence-corrected chi connectivity index (χ0v) is 13.4. The predicted octanol–water partition coefficient (Wildman–Crippen LogP) is 2.48. The SMILES string of the molecule is N=C(N)c1cccc(-c2cc(-c3cc(C(=N)N)ccc3[N+](=O)[O-])no2)c1. The molecule has 6 N–H and O–H groups in total. The number of rotatable bonds is 5. The number of hydrogen-bond acceptors (Lipinski definition) is 6. The van der Waals surface area contributed by atoms with E-state index < -0.39 is 4.92 Å². The number of nitro benzene ring substituents is 1. The van der Waals surface area contributed by atoms with E-state index in [1.54, 1.807) is 30.3 Å². The molecule has 0 aliphatic carbocycles. The van der Waals surface area contributed by atoms with Crippen molar-refractivity contribution in [2.24, 2.45) is 11.5 Å². The minimum Gasteiger partial charge on any atom is -0.384 e. The van der Waals surface area contributed by atoms with E-state index in [4.69, 9.17) is 26.8 Å². The summed E-state index contributed by atoms with van der Waals surface area (Å²) in [6.07, 6.45) is 0. The Morgan fingerprint density at radius 2 is 1.73 bits per heavy atom. The summed E-state index contributed by atoms with van der Waals surface area (Å²) in [6.45, 7) is 0. The number of nitrogen functional groups attached to an aromatic ring is 2. The maximum Gasteiger partial charge on any atom is 0.278 e. The topological polar surface area (TPSA) is 169 Å². The van der Waals surface area contributed by atoms with Crippen molar-refractivity contribution in [1.29, 1.82) is 10.8 Å². The molecule has 0 unspecified atom stereocenters. The van der Waals surface area contributed by atoms with Crippen LogP contribution in [-0.2, 0) is 0 Å². The first-order chi connectivity index (χ1) is 12.4. The number of aromatic nitrogens is 1. The van der Waals surface area contributed by atoms with Gasteiger partial charge in [0.15, 0.2) is 5.76 Å². The molecule has 130 valence electrons. The number of nitro groups is 1. The van der Waals surface area contributed by atoms with Crippen LogP contribution in [0.15, 0.2) is 53.1 Å². The molecule has 1 aromatic heterocycles. The summed E-state index contributed by atoms with van der Waals surface area (Å²) in [5.74, 6) is 0.0704. The molecular formula is C17H14N6O3. The minimum absolute atomic E-state index is 0.0867. The normalized spacial score (nSPS) is 10.5. The lowest BCUT2D eigenvalue weighted by Crippen LogP contribution is -2.11. The molecule has 3 rings (SSSR count). The van der Waals surface area contributed by atoms with Crippen molar-refractivity contribution in [3.63, 3.8) is 0 Å². The standard InChI is InChI=1S/C17H14N6O3/c18-16(19)10-3-1-2-9(6-10)15-8-13(22-26-15)12-7-11(17(20)21)4-5-14(12)23(24)25/h1-8H,(H3,18,19)(H3,20,21). The Bertz CT molecular complexity index is 1040. The molecule has 0 saturated heterocycles. The van der Waals surface area contributed by atoms with Gasteiger partial charge in [-0.3, -0.25) is 20.9 Å². The van der Waals surface area contributed by atoms with Crippen LogP contribution in [0.4, 0.5) is 5.69 Å². The van der Waals surface area contributed by atoms with Crippen LogP contribution in [0.5, 0.6) is 0 Å². The van der Waals surface area contributed by atoms with Gasteiger partial charge in [0.2, 0.25) is 0 Å². The van der Waals surface area contributed by atoms with Crippen LogP contribution in [0.3, 0.4) is 0 Å². The summed E-state index contributed by atoms with van der Waals surface area (Å²) in [5.41, 5.74) is 12.7. The largest absolute Gasteiger partial charge is 0.384 e. The molecule has 0 atom stereocenters. The Balaban J connectivity index is 2.09. The number of benzene rings is 2. The van der Waals surface area contributed by atoms with Gasteiger partial charge in [-0.15, -0.1) is 0 Å². The second-order valence-electron chi connectivity index (χ2n) is 5.47. The van der Waals surface area contributed by atoms with E-state index in [1.165, 1.54) is 18.2 Å². The minimum atomic E-state index is -0.538. The van der Waals surface area contributed by atoms with E-state index in [1.807, 2.05) is 0 Å². The lowest BCUT2D eigenvalue weighted by molar-refractivity contribution is -0.384. The quantitative estimate of drug-likeness (QED) is 0.238. The summed E-state index contributed by atoms with van der Waals surface area (Å²) in [4.78, 5) is 10.8. The highest BCUT2D eigenvalue weighted by Gasteiger charge is 2.20. The zero-order valence-electron chi connectivity index (χ0n) is 13.4. The van der Waals surface area contributed by atoms with E-state index >= 15 is 0 Å². The monoisotopic (exact) mass is 350 g/mol. The second-order valence-corrected chi connectivity index (χ2v) is 5.47. The summed E-state index contributed by atoms with van der Waals surface area (Å²) in [5, 5.41) is 30.2. The Kier molecular flexibility index (Phi) is 4.19. The Hall–Kier alpha value is -4.01. The number of hydrogen-bond donors (Lipinski definition) is 4. The van der Waals surface area contributed by atoms with Crippen LogP contribution >= 0.6 is 0 Å². The Morgan fingerprint density at radius 1 is 1.04 bits per heavy atom. The van der Waals surface area contributed by atoms with Crippen LogP contribution in [0.2, 0.25) is 0 Å². The lowest BCUT2D eigenvalue weighted by atomic mass is 10.0. The Morgan fingerprint density at radius 3 is 2.38 bits per heavy atom. The van der Waals surface area contributed by atoms with Crippen molar-refractivity contribution in [2.75, 3.05) is 0 Å². The van der Waals surface area contributed by atoms with Crippen LogP contribution in [-0.4, -0.2) is 21.8 Å². The molecule has 2 aromatic carbocycles. The molecule has 0 spiro atoms. The predicted molar refractivity (Wildman–Crippen MR) is 96.1 cm³/mol. The van der Waals surface area contributed by atoms with Crippen molar-refractivity contribution in [2.45, 2.75) is 0 Å². The van der Waals surface area contributed by atoms with Crippen LogP contribution < -0.4 is 11.5 Å². The highest BCUT2D eigenvalue weighted by Crippen LogP contribution is 2.33. The molecule has 0 aliphatic rings. The van der Waals surface area contributed by atoms with Crippen molar-refractivity contribution in [1.82, 2.24) is 5.16 Å². The van der Waals surface area contributed by atoms with Crippen molar-refractivity contribution >= 4 is 17.4 Å². The van der Waals surface area contributed by atoms with Gasteiger partial charge in [0.05, 0.1) is 10.5 Å². The maximum absolute atomic E-state index is 11.3. The molecule has 1 heterocycles. The summed E-state index contributed by atoms with van der Waals surface area (Å²) in [6, 6.07) is 12.5. The first-order valence-corrected chi connectivity index (χ1v) is 7.41. The molecule has 0 amide bonds. The lowest BCUT2D eigenvalue weighted by Gasteiger charge is -2.02. The molecular weight excluding hydrogens is 336 g/mol. The summed E-state index contributed by atoms with van der Waals surface area (Å²) >= 11 is 0. The summed E-state index contributed by atoms with van der Waals surface area (Å²) in [7, 11) is 0. The smallest absolute Gasteiger partial charge is 0.278 e. The fourth-order valence-electron chi connectivity index (χ4n) is 2.45. The van der Waals surface area contributed by atoms with Gasteiger partial charge >= 0.3 is 0 Å². The van der Waals surface area contributed by atoms with Crippen molar-refractivity contribution in [3.05, 3.63) is 69.8 Å². The van der Waals surface area contributed by atoms with Gasteiger partial charge < -0.3 is 16.0 Å². The first-order valence-electron chi connectivity index (χ1n) is 7.41. The van der Waals surface area contributed by atoms with Gasteiger partial charge in [0.25, 0.3) is 5.69 Å². The first kappa shape index (κ1) is 16.8. The fourth-order valence-corrected chi connectivity index (χ4v) is 2.45. The van der Waals surface area contributed by atoms with Crippen molar-refractivity contribution < 1.29 is 9.45 Å². The van der Waals surface area contributed by atoms with Gasteiger partial charge in [-0.25, -0.2) is 0 Å². The van der Waals surface area contributed by atoms with E-state index in [-0.39, 0.29) is 28.6 Å². The van der Waals surface area contributed by atoms with Crippen LogP contribution in [0.1, 0.15) is 11.1 Å².